The molecule has 1 aliphatic heterocycles. The van der Waals surface area contributed by atoms with E-state index in [1.807, 2.05) is 6.92 Å². The van der Waals surface area contributed by atoms with Crippen LogP contribution in [0.25, 0.3) is 0 Å². The fraction of sp³-hybridized carbons (Fsp3) is 0.667. The molecule has 1 unspecified atom stereocenters. The van der Waals surface area contributed by atoms with Crippen LogP contribution >= 0.6 is 24.0 Å². The Hall–Kier alpha value is -1.09. The highest BCUT2D eigenvalue weighted by Crippen LogP contribution is 2.19. The van der Waals surface area contributed by atoms with Crippen molar-refractivity contribution in [1.82, 2.24) is 10.2 Å². The standard InChI is InChI=1S/C21H34FN3O2.HI/c1-4-18(27-20-9-7-6-8-19(20)22)16-24-21(23-5-2)25(3)13-10-17-11-14-26-15-12-17;/h6-9,17-18H,4-5,10-16H2,1-3H3,(H,23,24);1H. The van der Waals surface area contributed by atoms with Crippen molar-refractivity contribution in [3.8, 4) is 5.75 Å². The summed E-state index contributed by atoms with van der Waals surface area (Å²) in [6.07, 6.45) is 4.06. The number of aliphatic imine (C=N–C) groups is 1. The lowest BCUT2D eigenvalue weighted by molar-refractivity contribution is 0.0625. The number of rotatable bonds is 9. The van der Waals surface area contributed by atoms with Crippen molar-refractivity contribution in [2.75, 3.05) is 39.9 Å². The highest BCUT2D eigenvalue weighted by molar-refractivity contribution is 14.0. The fourth-order valence-corrected chi connectivity index (χ4v) is 3.14. The number of hydrogen-bond acceptors (Lipinski definition) is 3. The fourth-order valence-electron chi connectivity index (χ4n) is 3.14. The van der Waals surface area contributed by atoms with Crippen LogP contribution in [0.2, 0.25) is 0 Å². The number of ether oxygens (including phenoxy) is 2. The van der Waals surface area contributed by atoms with E-state index < -0.39 is 0 Å². The molecule has 28 heavy (non-hydrogen) atoms. The molecule has 0 aromatic heterocycles. The number of nitrogens with one attached hydrogen (secondary N) is 1. The van der Waals surface area contributed by atoms with E-state index in [1.54, 1.807) is 18.2 Å². The number of para-hydroxylation sites is 1. The number of guanidine groups is 1. The number of hydrogen-bond donors (Lipinski definition) is 1. The van der Waals surface area contributed by atoms with E-state index in [1.165, 1.54) is 6.07 Å². The topological polar surface area (TPSA) is 46.1 Å². The van der Waals surface area contributed by atoms with Crippen molar-refractivity contribution >= 4 is 29.9 Å². The average Bonchev–Trinajstić information content (AvgIpc) is 2.70. The lowest BCUT2D eigenvalue weighted by Crippen LogP contribution is -2.40. The number of halogens is 2. The minimum atomic E-state index is -0.333. The summed E-state index contributed by atoms with van der Waals surface area (Å²) in [5.41, 5.74) is 0. The highest BCUT2D eigenvalue weighted by Gasteiger charge is 2.16. The van der Waals surface area contributed by atoms with Crippen molar-refractivity contribution in [3.05, 3.63) is 30.1 Å². The van der Waals surface area contributed by atoms with Gasteiger partial charge in [-0.3, -0.25) is 0 Å². The zero-order valence-electron chi connectivity index (χ0n) is 17.3. The lowest BCUT2D eigenvalue weighted by Gasteiger charge is -2.27. The first kappa shape index (κ1) is 24.9. The van der Waals surface area contributed by atoms with Crippen LogP contribution in [0.15, 0.2) is 29.3 Å². The minimum Gasteiger partial charge on any atom is -0.485 e. The second kappa shape index (κ2) is 14.0. The molecule has 5 nitrogen and oxygen atoms in total. The van der Waals surface area contributed by atoms with E-state index in [4.69, 9.17) is 14.5 Å². The van der Waals surface area contributed by atoms with Gasteiger partial charge in [0, 0.05) is 33.4 Å². The van der Waals surface area contributed by atoms with Gasteiger partial charge in [-0.05, 0) is 50.7 Å². The van der Waals surface area contributed by atoms with Gasteiger partial charge in [-0.15, -0.1) is 24.0 Å². The smallest absolute Gasteiger partial charge is 0.193 e. The van der Waals surface area contributed by atoms with E-state index in [0.29, 0.717) is 6.54 Å². The molecule has 1 N–H and O–H groups in total. The number of benzene rings is 1. The first-order valence-electron chi connectivity index (χ1n) is 10.1. The van der Waals surface area contributed by atoms with Crippen LogP contribution < -0.4 is 10.1 Å². The summed E-state index contributed by atoms with van der Waals surface area (Å²) in [5.74, 6) is 1.56. The largest absolute Gasteiger partial charge is 0.485 e. The quantitative estimate of drug-likeness (QED) is 0.308. The Balaban J connectivity index is 0.00000392. The third-order valence-electron chi connectivity index (χ3n) is 4.94. The average molecular weight is 507 g/mol. The van der Waals surface area contributed by atoms with Crippen molar-refractivity contribution < 1.29 is 13.9 Å². The van der Waals surface area contributed by atoms with Crippen LogP contribution in [-0.4, -0.2) is 56.9 Å². The molecule has 2 rings (SSSR count). The molecule has 1 aliphatic rings. The normalized spacial score (nSPS) is 16.2. The maximum absolute atomic E-state index is 13.8. The third kappa shape index (κ3) is 8.51. The van der Waals surface area contributed by atoms with Gasteiger partial charge < -0.3 is 19.7 Å². The van der Waals surface area contributed by atoms with E-state index in [2.05, 4.69) is 24.2 Å². The van der Waals surface area contributed by atoms with Crippen molar-refractivity contribution in [2.24, 2.45) is 10.9 Å². The Kier molecular flexibility index (Phi) is 12.5. The summed E-state index contributed by atoms with van der Waals surface area (Å²) in [5, 5.41) is 3.35. The SMILES string of the molecule is CCNC(=NCC(CC)Oc1ccccc1F)N(C)CCC1CCOCC1.I. The van der Waals surface area contributed by atoms with Gasteiger partial charge in [0.2, 0.25) is 0 Å². The summed E-state index contributed by atoms with van der Waals surface area (Å²) in [4.78, 5) is 6.91. The first-order chi connectivity index (χ1) is 13.1. The third-order valence-corrected chi connectivity index (χ3v) is 4.94. The van der Waals surface area contributed by atoms with Gasteiger partial charge in [0.1, 0.15) is 6.10 Å². The molecule has 0 aliphatic carbocycles. The van der Waals surface area contributed by atoms with Gasteiger partial charge in [-0.25, -0.2) is 9.38 Å². The molecule has 1 aromatic carbocycles. The van der Waals surface area contributed by atoms with E-state index in [9.17, 15) is 4.39 Å². The predicted molar refractivity (Wildman–Crippen MR) is 123 cm³/mol. The lowest BCUT2D eigenvalue weighted by atomic mass is 9.96. The van der Waals surface area contributed by atoms with Crippen LogP contribution in [0.1, 0.15) is 39.5 Å². The Labute approximate surface area is 186 Å². The first-order valence-corrected chi connectivity index (χ1v) is 10.1. The highest BCUT2D eigenvalue weighted by atomic mass is 127. The molecule has 0 radical (unpaired) electrons. The Morgan fingerprint density at radius 1 is 1.32 bits per heavy atom. The van der Waals surface area contributed by atoms with Crippen molar-refractivity contribution in [2.45, 2.75) is 45.6 Å². The number of nitrogens with zero attached hydrogens (tertiary/aromatic N) is 2. The van der Waals surface area contributed by atoms with Gasteiger partial charge in [0.05, 0.1) is 6.54 Å². The summed E-state index contributed by atoms with van der Waals surface area (Å²) in [7, 11) is 2.07. The van der Waals surface area contributed by atoms with E-state index in [-0.39, 0.29) is 41.6 Å². The van der Waals surface area contributed by atoms with Gasteiger partial charge in [0.15, 0.2) is 17.5 Å². The molecule has 7 heteroatoms. The predicted octanol–water partition coefficient (Wildman–Crippen LogP) is 4.32. The Morgan fingerprint density at radius 3 is 2.68 bits per heavy atom. The van der Waals surface area contributed by atoms with E-state index >= 15 is 0 Å². The van der Waals surface area contributed by atoms with Gasteiger partial charge in [0.25, 0.3) is 0 Å². The van der Waals surface area contributed by atoms with Crippen LogP contribution in [0, 0.1) is 11.7 Å². The molecule has 1 aromatic rings. The zero-order valence-corrected chi connectivity index (χ0v) is 19.7. The Bertz CT molecular complexity index is 583. The van der Waals surface area contributed by atoms with Gasteiger partial charge in [-0.1, -0.05) is 19.1 Å². The molecule has 1 heterocycles. The molecular formula is C21H35FIN3O2. The second-order valence-corrected chi connectivity index (χ2v) is 7.04. The van der Waals surface area contributed by atoms with Crippen LogP contribution in [0.3, 0.4) is 0 Å². The maximum Gasteiger partial charge on any atom is 0.193 e. The summed E-state index contributed by atoms with van der Waals surface area (Å²) >= 11 is 0. The molecule has 0 saturated carbocycles. The molecule has 0 spiro atoms. The summed E-state index contributed by atoms with van der Waals surface area (Å²) in [6, 6.07) is 6.52. The molecular weight excluding hydrogens is 472 g/mol. The van der Waals surface area contributed by atoms with Crippen LogP contribution in [-0.2, 0) is 4.74 Å². The Morgan fingerprint density at radius 2 is 2.04 bits per heavy atom. The van der Waals surface area contributed by atoms with Crippen molar-refractivity contribution in [1.29, 1.82) is 0 Å². The van der Waals surface area contributed by atoms with Crippen LogP contribution in [0.4, 0.5) is 4.39 Å². The zero-order chi connectivity index (χ0) is 19.5. The maximum atomic E-state index is 13.8. The summed E-state index contributed by atoms with van der Waals surface area (Å²) < 4.78 is 25.1. The molecule has 1 fully saturated rings. The molecule has 0 amide bonds. The van der Waals surface area contributed by atoms with Crippen molar-refractivity contribution in [3.63, 3.8) is 0 Å². The van der Waals surface area contributed by atoms with Crippen LogP contribution in [0.5, 0.6) is 5.75 Å². The second-order valence-electron chi connectivity index (χ2n) is 7.04. The minimum absolute atomic E-state index is 0. The molecule has 0 bridgehead atoms. The summed E-state index contributed by atoms with van der Waals surface area (Å²) in [6.45, 7) is 8.13. The van der Waals surface area contributed by atoms with E-state index in [0.717, 1.165) is 63.9 Å². The molecule has 160 valence electrons. The monoisotopic (exact) mass is 507 g/mol. The van der Waals surface area contributed by atoms with Gasteiger partial charge in [-0.2, -0.15) is 0 Å². The molecule has 1 saturated heterocycles. The van der Waals surface area contributed by atoms with Gasteiger partial charge >= 0.3 is 0 Å². The molecule has 1 atom stereocenters.